The van der Waals surface area contributed by atoms with Gasteiger partial charge in [-0.3, -0.25) is 0 Å². The van der Waals surface area contributed by atoms with Crippen molar-refractivity contribution in [2.24, 2.45) is 0 Å². The second kappa shape index (κ2) is 16.3. The van der Waals surface area contributed by atoms with Crippen LogP contribution in [0.15, 0.2) is 218 Å². The van der Waals surface area contributed by atoms with E-state index in [1.165, 1.54) is 0 Å². The molecule has 6 nitrogen and oxygen atoms in total. The zero-order valence-corrected chi connectivity index (χ0v) is 32.2. The number of ether oxygens (including phenoxy) is 6. The van der Waals surface area contributed by atoms with E-state index in [4.69, 9.17) is 28.4 Å². The molecule has 60 heavy (non-hydrogen) atoms. The van der Waals surface area contributed by atoms with Crippen molar-refractivity contribution >= 4 is 32.3 Å². The fraction of sp³-hybridized carbons (Fsp3) is 0. The van der Waals surface area contributed by atoms with Gasteiger partial charge < -0.3 is 28.4 Å². The molecule has 0 N–H and O–H groups in total. The van der Waals surface area contributed by atoms with E-state index in [9.17, 15) is 0 Å². The van der Waals surface area contributed by atoms with Gasteiger partial charge in [-0.25, -0.2) is 0 Å². The maximum absolute atomic E-state index is 6.49. The molecule has 0 amide bonds. The molecule has 0 atom stereocenters. The van der Waals surface area contributed by atoms with Gasteiger partial charge in [-0.1, -0.05) is 91.0 Å². The summed E-state index contributed by atoms with van der Waals surface area (Å²) in [6, 6.07) is 70.7. The minimum absolute atomic E-state index is 0.663. The van der Waals surface area contributed by atoms with Crippen LogP contribution in [0.25, 0.3) is 32.3 Å². The lowest BCUT2D eigenvalue weighted by molar-refractivity contribution is 0.460. The van der Waals surface area contributed by atoms with Gasteiger partial charge in [0.1, 0.15) is 69.0 Å². The van der Waals surface area contributed by atoms with Gasteiger partial charge in [0.2, 0.25) is 0 Å². The predicted octanol–water partition coefficient (Wildman–Crippen LogP) is 15.9. The van der Waals surface area contributed by atoms with Gasteiger partial charge in [-0.05, 0) is 142 Å². The largest absolute Gasteiger partial charge is 0.457 e. The van der Waals surface area contributed by atoms with Crippen LogP contribution in [-0.4, -0.2) is 0 Å². The zero-order valence-electron chi connectivity index (χ0n) is 32.2. The highest BCUT2D eigenvalue weighted by atomic mass is 16.5. The second-order valence-corrected chi connectivity index (χ2v) is 14.1. The van der Waals surface area contributed by atoms with Crippen molar-refractivity contribution < 1.29 is 28.4 Å². The molecule has 0 radical (unpaired) electrons. The first-order valence-electron chi connectivity index (χ1n) is 19.6. The number of fused-ring (bicyclic) bond motifs is 6. The van der Waals surface area contributed by atoms with Gasteiger partial charge in [-0.2, -0.15) is 0 Å². The van der Waals surface area contributed by atoms with Gasteiger partial charge in [0.25, 0.3) is 0 Å². The average Bonchev–Trinajstić information content (AvgIpc) is 3.28. The molecular formula is C54H36O6. The summed E-state index contributed by atoms with van der Waals surface area (Å²) in [5, 5.41) is 6.22. The highest BCUT2D eigenvalue weighted by molar-refractivity contribution is 6.26. The van der Waals surface area contributed by atoms with Crippen molar-refractivity contribution in [2.45, 2.75) is 0 Å². The number of benzene rings is 10. The number of hydrogen-bond donors (Lipinski definition) is 0. The Morgan fingerprint density at radius 1 is 0.150 bits per heavy atom. The summed E-state index contributed by atoms with van der Waals surface area (Å²) in [4.78, 5) is 0. The molecule has 0 heterocycles. The second-order valence-electron chi connectivity index (χ2n) is 14.1. The minimum atomic E-state index is 0.663. The van der Waals surface area contributed by atoms with E-state index in [0.717, 1.165) is 49.6 Å². The molecule has 0 aliphatic carbocycles. The fourth-order valence-electron chi connectivity index (χ4n) is 7.22. The van der Waals surface area contributed by atoms with Gasteiger partial charge in [-0.15, -0.1) is 0 Å². The van der Waals surface area contributed by atoms with Crippen LogP contribution in [0, 0.1) is 0 Å². The van der Waals surface area contributed by atoms with Gasteiger partial charge in [0.15, 0.2) is 0 Å². The molecule has 0 bridgehead atoms. The molecule has 0 fully saturated rings. The molecule has 10 aromatic rings. The first kappa shape index (κ1) is 36.1. The maximum atomic E-state index is 6.49. The lowest BCUT2D eigenvalue weighted by Gasteiger charge is -2.16. The van der Waals surface area contributed by atoms with E-state index in [0.29, 0.717) is 51.7 Å². The van der Waals surface area contributed by atoms with E-state index in [1.54, 1.807) is 0 Å². The highest BCUT2D eigenvalue weighted by Gasteiger charge is 2.14. The Bertz CT molecular complexity index is 2730. The summed E-state index contributed by atoms with van der Waals surface area (Å²) in [6.07, 6.45) is 0. The molecule has 0 aromatic heterocycles. The van der Waals surface area contributed by atoms with Crippen molar-refractivity contribution in [3.63, 3.8) is 0 Å². The normalized spacial score (nSPS) is 11.0. The smallest absolute Gasteiger partial charge is 0.131 e. The number of para-hydroxylation sites is 3. The standard InChI is InChI=1S/C54H36O6/c1-4-13-37(14-5-1)55-40-19-10-22-43(31-40)58-46-25-28-49-52(34-46)50-29-26-47(59-44-23-11-20-41(32-44)56-38-15-6-2-7-16-38)36-54(50)51-30-27-48(35-53(49)51)60-45-24-12-21-42(33-45)57-39-17-8-3-9-18-39/h1-36H. The van der Waals surface area contributed by atoms with Crippen LogP contribution in [0.4, 0.5) is 0 Å². The van der Waals surface area contributed by atoms with Gasteiger partial charge in [0.05, 0.1) is 0 Å². The van der Waals surface area contributed by atoms with Crippen LogP contribution < -0.4 is 28.4 Å². The lowest BCUT2D eigenvalue weighted by Crippen LogP contribution is -1.91. The number of hydrogen-bond acceptors (Lipinski definition) is 6. The third-order valence-electron chi connectivity index (χ3n) is 9.90. The predicted molar refractivity (Wildman–Crippen MR) is 238 cm³/mol. The summed E-state index contributed by atoms with van der Waals surface area (Å²) in [5.74, 6) is 8.39. The van der Waals surface area contributed by atoms with Crippen molar-refractivity contribution in [1.82, 2.24) is 0 Å². The first-order chi connectivity index (χ1) is 29.6. The maximum Gasteiger partial charge on any atom is 0.131 e. The van der Waals surface area contributed by atoms with Crippen molar-refractivity contribution in [3.05, 3.63) is 218 Å². The summed E-state index contributed by atoms with van der Waals surface area (Å²) >= 11 is 0. The fourth-order valence-corrected chi connectivity index (χ4v) is 7.22. The van der Waals surface area contributed by atoms with E-state index in [-0.39, 0.29) is 0 Å². The zero-order chi connectivity index (χ0) is 40.1. The Kier molecular flexibility index (Phi) is 9.84. The highest BCUT2D eigenvalue weighted by Crippen LogP contribution is 2.42. The van der Waals surface area contributed by atoms with E-state index < -0.39 is 0 Å². The molecule has 288 valence electrons. The van der Waals surface area contributed by atoms with E-state index in [1.807, 2.05) is 182 Å². The molecule has 10 rings (SSSR count). The Morgan fingerprint density at radius 2 is 0.367 bits per heavy atom. The first-order valence-corrected chi connectivity index (χ1v) is 19.6. The van der Waals surface area contributed by atoms with E-state index in [2.05, 4.69) is 36.4 Å². The summed E-state index contributed by atoms with van der Waals surface area (Å²) in [7, 11) is 0. The quantitative estimate of drug-likeness (QED) is 0.115. The van der Waals surface area contributed by atoms with Crippen molar-refractivity contribution in [3.8, 4) is 69.0 Å². The summed E-state index contributed by atoms with van der Waals surface area (Å²) in [5.41, 5.74) is 0. The molecule has 0 saturated heterocycles. The molecule has 6 heteroatoms. The van der Waals surface area contributed by atoms with Crippen LogP contribution in [0.3, 0.4) is 0 Å². The monoisotopic (exact) mass is 780 g/mol. The van der Waals surface area contributed by atoms with Crippen molar-refractivity contribution in [2.75, 3.05) is 0 Å². The van der Waals surface area contributed by atoms with Crippen LogP contribution >= 0.6 is 0 Å². The Hall–Kier alpha value is -8.22. The molecule has 0 saturated carbocycles. The Labute approximate surface area is 347 Å². The van der Waals surface area contributed by atoms with Gasteiger partial charge in [0, 0.05) is 18.2 Å². The van der Waals surface area contributed by atoms with Crippen LogP contribution in [0.2, 0.25) is 0 Å². The molecule has 0 unspecified atom stereocenters. The van der Waals surface area contributed by atoms with Crippen LogP contribution in [0.5, 0.6) is 69.0 Å². The molecular weight excluding hydrogens is 745 g/mol. The lowest BCUT2D eigenvalue weighted by atomic mass is 9.94. The van der Waals surface area contributed by atoms with E-state index >= 15 is 0 Å². The summed E-state index contributed by atoms with van der Waals surface area (Å²) < 4.78 is 37.7. The SMILES string of the molecule is c1ccc(Oc2cccc(Oc3ccc4c(c3)c3ccc(Oc5cccc(Oc6ccccc6)c5)cc3c3ccc(Oc5cccc(Oc6ccccc6)c5)cc43)c2)cc1. The van der Waals surface area contributed by atoms with Gasteiger partial charge >= 0.3 is 0 Å². The third kappa shape index (κ3) is 8.12. The Morgan fingerprint density at radius 3 is 0.633 bits per heavy atom. The Balaban J connectivity index is 1.02. The van der Waals surface area contributed by atoms with Crippen molar-refractivity contribution in [1.29, 1.82) is 0 Å². The average molecular weight is 781 g/mol. The molecule has 0 aliphatic heterocycles. The van der Waals surface area contributed by atoms with Crippen LogP contribution in [0.1, 0.15) is 0 Å². The topological polar surface area (TPSA) is 55.4 Å². The molecule has 0 aliphatic rings. The molecule has 0 spiro atoms. The third-order valence-corrected chi connectivity index (χ3v) is 9.90. The summed E-state index contributed by atoms with van der Waals surface area (Å²) in [6.45, 7) is 0. The molecule has 10 aromatic carbocycles. The minimum Gasteiger partial charge on any atom is -0.457 e. The van der Waals surface area contributed by atoms with Crippen LogP contribution in [-0.2, 0) is 0 Å². The number of rotatable bonds is 12.